The van der Waals surface area contributed by atoms with Gasteiger partial charge in [-0.3, -0.25) is 7.91 Å². The number of hydrogen-bond acceptors (Lipinski definition) is 3. The van der Waals surface area contributed by atoms with Crippen LogP contribution in [0.2, 0.25) is 0 Å². The second-order valence-electron chi connectivity index (χ2n) is 13.9. The van der Waals surface area contributed by atoms with Crippen LogP contribution in [0.15, 0.2) is 12.5 Å². The van der Waals surface area contributed by atoms with E-state index < -0.39 is 0 Å². The molecule has 4 aliphatic rings. The molecule has 0 aliphatic heterocycles. The standard InChI is InChI=1S/C31H51IN4O/c1-5-6-20(2)25-9-10-26-24-8-7-22-15-21(11-13-30(22,3)27(24)12-14-31(25,26)4)28(36(32)29(37)17-33)16-23-18-34-19-35-23/h18-22,24-28H,5-17,33H2,1-4H3,(H,34,35)/t20-,21?,22?,24?,25-,26?,27?,28?,30+,31-/m1/s1. The van der Waals surface area contributed by atoms with Gasteiger partial charge in [-0.1, -0.05) is 40.5 Å². The molecular formula is C31H51IN4O. The van der Waals surface area contributed by atoms with Crippen molar-refractivity contribution < 1.29 is 4.79 Å². The summed E-state index contributed by atoms with van der Waals surface area (Å²) < 4.78 is 1.93. The molecule has 208 valence electrons. The Morgan fingerprint density at radius 2 is 1.92 bits per heavy atom. The van der Waals surface area contributed by atoms with Crippen LogP contribution in [0.5, 0.6) is 0 Å². The van der Waals surface area contributed by atoms with Crippen molar-refractivity contribution in [2.45, 2.75) is 111 Å². The Labute approximate surface area is 239 Å². The molecular weight excluding hydrogens is 571 g/mol. The van der Waals surface area contributed by atoms with Crippen molar-refractivity contribution in [2.75, 3.05) is 6.54 Å². The van der Waals surface area contributed by atoms with Gasteiger partial charge in [0, 0.05) is 18.3 Å². The van der Waals surface area contributed by atoms with E-state index in [1.807, 2.05) is 9.31 Å². The molecule has 0 radical (unpaired) electrons. The van der Waals surface area contributed by atoms with Gasteiger partial charge < -0.3 is 10.7 Å². The monoisotopic (exact) mass is 622 g/mol. The number of nitrogens with two attached hydrogens (primary N) is 1. The van der Waals surface area contributed by atoms with Crippen molar-refractivity contribution in [1.29, 1.82) is 0 Å². The summed E-state index contributed by atoms with van der Waals surface area (Å²) in [5.74, 6) is 5.98. The number of nitrogens with zero attached hydrogens (tertiary/aromatic N) is 2. The highest BCUT2D eigenvalue weighted by Gasteiger charge is 2.60. The lowest BCUT2D eigenvalue weighted by Crippen LogP contribution is -2.55. The number of hydrogen-bond donors (Lipinski definition) is 2. The summed E-state index contributed by atoms with van der Waals surface area (Å²) in [6.45, 7) is 10.4. The van der Waals surface area contributed by atoms with Crippen molar-refractivity contribution in [1.82, 2.24) is 13.1 Å². The first kappa shape index (κ1) is 27.9. The van der Waals surface area contributed by atoms with Crippen LogP contribution >= 0.6 is 22.9 Å². The van der Waals surface area contributed by atoms with Gasteiger partial charge in [0.2, 0.25) is 5.91 Å². The SMILES string of the molecule is CCC[C@@H](C)[C@H]1CCC2C3CCC4CC(C(Cc5cnc[nH]5)N(I)C(=O)CN)CC[C@]4(C)C3CC[C@@]21C. The van der Waals surface area contributed by atoms with E-state index in [1.165, 1.54) is 70.6 Å². The lowest BCUT2D eigenvalue weighted by atomic mass is 9.43. The quantitative estimate of drug-likeness (QED) is 0.239. The molecule has 3 N–H and O–H groups in total. The first-order valence-electron chi connectivity index (χ1n) is 15.4. The summed E-state index contributed by atoms with van der Waals surface area (Å²) in [6, 6.07) is 0.185. The largest absolute Gasteiger partial charge is 0.348 e. The molecule has 0 aromatic carbocycles. The Morgan fingerprint density at radius 3 is 2.62 bits per heavy atom. The minimum Gasteiger partial charge on any atom is -0.348 e. The van der Waals surface area contributed by atoms with Gasteiger partial charge in [0.1, 0.15) is 0 Å². The van der Waals surface area contributed by atoms with Gasteiger partial charge in [0.15, 0.2) is 0 Å². The summed E-state index contributed by atoms with van der Waals surface area (Å²) in [6.07, 6.45) is 19.7. The number of amides is 1. The maximum absolute atomic E-state index is 12.7. The van der Waals surface area contributed by atoms with Crippen molar-refractivity contribution in [3.63, 3.8) is 0 Å². The summed E-state index contributed by atoms with van der Waals surface area (Å²) in [5, 5.41) is 0. The van der Waals surface area contributed by atoms with E-state index in [0.717, 1.165) is 47.6 Å². The highest BCUT2D eigenvalue weighted by molar-refractivity contribution is 14.1. The highest BCUT2D eigenvalue weighted by atomic mass is 127. The Bertz CT molecular complexity index is 922. The summed E-state index contributed by atoms with van der Waals surface area (Å²) in [4.78, 5) is 20.2. The van der Waals surface area contributed by atoms with Crippen LogP contribution in [0.25, 0.3) is 0 Å². The minimum absolute atomic E-state index is 0.0433. The maximum Gasteiger partial charge on any atom is 0.245 e. The molecule has 6 unspecified atom stereocenters. The molecule has 1 aromatic heterocycles. The van der Waals surface area contributed by atoms with E-state index in [2.05, 4.69) is 60.5 Å². The topological polar surface area (TPSA) is 75.0 Å². The molecule has 4 aliphatic carbocycles. The third kappa shape index (κ3) is 4.93. The number of aromatic nitrogens is 2. The van der Waals surface area contributed by atoms with Gasteiger partial charge in [0.05, 0.1) is 41.8 Å². The van der Waals surface area contributed by atoms with E-state index in [0.29, 0.717) is 16.7 Å². The number of nitrogens with one attached hydrogen (secondary N) is 1. The van der Waals surface area contributed by atoms with Crippen molar-refractivity contribution in [2.24, 2.45) is 58.0 Å². The molecule has 0 bridgehead atoms. The highest BCUT2D eigenvalue weighted by Crippen LogP contribution is 2.68. The fourth-order valence-corrected chi connectivity index (χ4v) is 11.4. The van der Waals surface area contributed by atoms with Gasteiger partial charge >= 0.3 is 0 Å². The first-order valence-corrected chi connectivity index (χ1v) is 16.3. The second-order valence-corrected chi connectivity index (χ2v) is 15.0. The van der Waals surface area contributed by atoms with Gasteiger partial charge in [0.25, 0.3) is 0 Å². The molecule has 1 heterocycles. The molecule has 1 aromatic rings. The summed E-state index contributed by atoms with van der Waals surface area (Å²) >= 11 is 2.24. The maximum atomic E-state index is 12.7. The lowest BCUT2D eigenvalue weighted by Gasteiger charge is -2.62. The number of imidazole rings is 1. The van der Waals surface area contributed by atoms with Crippen LogP contribution in [0.3, 0.4) is 0 Å². The Hall–Kier alpha value is -0.630. The predicted molar refractivity (Wildman–Crippen MR) is 159 cm³/mol. The third-order valence-corrected chi connectivity index (χ3v) is 13.7. The van der Waals surface area contributed by atoms with Gasteiger partial charge in [-0.25, -0.2) is 4.98 Å². The fourth-order valence-electron chi connectivity index (χ4n) is 10.6. The molecule has 5 nitrogen and oxygen atoms in total. The van der Waals surface area contributed by atoms with Crippen LogP contribution in [0.1, 0.15) is 104 Å². The normalized spacial score (nSPS) is 40.8. The van der Waals surface area contributed by atoms with Crippen LogP contribution < -0.4 is 5.73 Å². The molecule has 6 heteroatoms. The molecule has 1 amide bonds. The third-order valence-electron chi connectivity index (χ3n) is 12.4. The summed E-state index contributed by atoms with van der Waals surface area (Å²) in [5.41, 5.74) is 7.97. The second kappa shape index (κ2) is 11.1. The molecule has 0 saturated heterocycles. The van der Waals surface area contributed by atoms with E-state index in [9.17, 15) is 4.79 Å². The fraction of sp³-hybridized carbons (Fsp3) is 0.871. The van der Waals surface area contributed by atoms with Crippen molar-refractivity contribution in [3.8, 4) is 0 Å². The van der Waals surface area contributed by atoms with E-state index in [4.69, 9.17) is 5.73 Å². The lowest BCUT2D eigenvalue weighted by molar-refractivity contribution is -0.131. The number of H-pyrrole nitrogens is 1. The Kier molecular flexibility index (Phi) is 8.37. The zero-order chi connectivity index (χ0) is 26.4. The number of carbonyl (C=O) groups excluding carboxylic acids is 1. The van der Waals surface area contributed by atoms with E-state index in [1.54, 1.807) is 6.33 Å². The number of aromatic amines is 1. The van der Waals surface area contributed by atoms with Crippen LogP contribution in [-0.2, 0) is 11.2 Å². The molecule has 4 saturated carbocycles. The van der Waals surface area contributed by atoms with Gasteiger partial charge in [-0.2, -0.15) is 0 Å². The number of fused-ring (bicyclic) bond motifs is 5. The number of rotatable bonds is 8. The first-order chi connectivity index (χ1) is 17.7. The van der Waals surface area contributed by atoms with E-state index in [-0.39, 0.29) is 18.5 Å². The zero-order valence-electron chi connectivity index (χ0n) is 23.7. The van der Waals surface area contributed by atoms with Gasteiger partial charge in [-0.05, 0) is 110 Å². The van der Waals surface area contributed by atoms with Crippen LogP contribution in [-0.4, -0.2) is 31.6 Å². The molecule has 4 fully saturated rings. The van der Waals surface area contributed by atoms with Crippen molar-refractivity contribution >= 4 is 28.8 Å². The van der Waals surface area contributed by atoms with Gasteiger partial charge in [-0.15, -0.1) is 0 Å². The predicted octanol–water partition coefficient (Wildman–Crippen LogP) is 7.17. The van der Waals surface area contributed by atoms with Crippen LogP contribution in [0, 0.1) is 52.3 Å². The summed E-state index contributed by atoms with van der Waals surface area (Å²) in [7, 11) is 0. The minimum atomic E-state index is 0.0433. The number of halogens is 1. The zero-order valence-corrected chi connectivity index (χ0v) is 25.9. The number of carbonyl (C=O) groups is 1. The average Bonchev–Trinajstić information content (AvgIpc) is 3.53. The molecule has 37 heavy (non-hydrogen) atoms. The Morgan fingerprint density at radius 1 is 1.16 bits per heavy atom. The van der Waals surface area contributed by atoms with Crippen LogP contribution in [0.4, 0.5) is 0 Å². The Balaban J connectivity index is 1.32. The molecule has 10 atom stereocenters. The average molecular weight is 623 g/mol. The van der Waals surface area contributed by atoms with E-state index >= 15 is 0 Å². The molecule has 5 rings (SSSR count). The smallest absolute Gasteiger partial charge is 0.245 e. The van der Waals surface area contributed by atoms with Crippen molar-refractivity contribution in [3.05, 3.63) is 18.2 Å². The molecule has 0 spiro atoms.